The van der Waals surface area contributed by atoms with E-state index in [4.69, 9.17) is 5.73 Å². The van der Waals surface area contributed by atoms with Gasteiger partial charge in [0.25, 0.3) is 5.91 Å². The lowest BCUT2D eigenvalue weighted by atomic mass is 9.92. The van der Waals surface area contributed by atoms with Gasteiger partial charge in [-0.05, 0) is 35.7 Å². The quantitative estimate of drug-likeness (QED) is 0.383. The van der Waals surface area contributed by atoms with Crippen LogP contribution in [0.25, 0.3) is 22.0 Å². The van der Waals surface area contributed by atoms with Crippen molar-refractivity contribution in [1.29, 1.82) is 0 Å². The summed E-state index contributed by atoms with van der Waals surface area (Å²) in [4.78, 5) is 20.9. The van der Waals surface area contributed by atoms with Crippen LogP contribution in [0, 0.1) is 11.8 Å². The molecule has 3 aromatic heterocycles. The lowest BCUT2D eigenvalue weighted by molar-refractivity contribution is 0.0935. The molecule has 0 fully saturated rings. The van der Waals surface area contributed by atoms with E-state index in [0.29, 0.717) is 5.52 Å². The van der Waals surface area contributed by atoms with E-state index in [2.05, 4.69) is 42.4 Å². The van der Waals surface area contributed by atoms with Crippen molar-refractivity contribution in [2.24, 2.45) is 7.05 Å². The van der Waals surface area contributed by atoms with Gasteiger partial charge in [0.1, 0.15) is 0 Å². The minimum Gasteiger partial charge on any atom is -0.382 e. The van der Waals surface area contributed by atoms with Crippen LogP contribution in [0.2, 0.25) is 0 Å². The molecule has 0 aliphatic rings. The molecule has 2 aromatic carbocycles. The molecular formula is C27H22N8O. The van der Waals surface area contributed by atoms with E-state index < -0.39 is 5.91 Å². The predicted molar refractivity (Wildman–Crippen MR) is 136 cm³/mol. The van der Waals surface area contributed by atoms with Crippen molar-refractivity contribution in [2.75, 3.05) is 5.73 Å². The first-order valence-corrected chi connectivity index (χ1v) is 11.2. The predicted octanol–water partition coefficient (Wildman–Crippen LogP) is 3.29. The van der Waals surface area contributed by atoms with E-state index in [0.717, 1.165) is 33.2 Å². The van der Waals surface area contributed by atoms with E-state index >= 15 is 0 Å². The van der Waals surface area contributed by atoms with E-state index in [9.17, 15) is 4.79 Å². The maximum Gasteiger partial charge on any atom is 0.274 e. The van der Waals surface area contributed by atoms with Gasteiger partial charge in [-0.2, -0.15) is 15.3 Å². The minimum absolute atomic E-state index is 0.0756. The third-order valence-electron chi connectivity index (χ3n) is 5.70. The molecule has 0 saturated carbocycles. The Labute approximate surface area is 207 Å². The maximum absolute atomic E-state index is 12.9. The summed E-state index contributed by atoms with van der Waals surface area (Å²) >= 11 is 0. The monoisotopic (exact) mass is 474 g/mol. The van der Waals surface area contributed by atoms with Gasteiger partial charge in [-0.25, -0.2) is 9.97 Å². The summed E-state index contributed by atoms with van der Waals surface area (Å²) in [6.45, 7) is 1.90. The van der Waals surface area contributed by atoms with Crippen molar-refractivity contribution in [3.05, 3.63) is 95.8 Å². The van der Waals surface area contributed by atoms with Crippen LogP contribution in [0.3, 0.4) is 0 Å². The van der Waals surface area contributed by atoms with Crippen molar-refractivity contribution < 1.29 is 4.79 Å². The van der Waals surface area contributed by atoms with Crippen LogP contribution < -0.4 is 11.1 Å². The van der Waals surface area contributed by atoms with Crippen LogP contribution in [0.4, 0.5) is 5.82 Å². The second-order valence-electron chi connectivity index (χ2n) is 8.22. The molecule has 0 radical (unpaired) electrons. The first-order valence-electron chi connectivity index (χ1n) is 11.2. The van der Waals surface area contributed by atoms with Crippen LogP contribution in [0.5, 0.6) is 0 Å². The molecule has 5 rings (SSSR count). The van der Waals surface area contributed by atoms with Crippen molar-refractivity contribution in [3.8, 4) is 23.0 Å². The lowest BCUT2D eigenvalue weighted by Crippen LogP contribution is -2.28. The fourth-order valence-electron chi connectivity index (χ4n) is 3.94. The lowest BCUT2D eigenvalue weighted by Gasteiger charge is -2.19. The Morgan fingerprint density at radius 3 is 2.64 bits per heavy atom. The molecule has 3 heterocycles. The Morgan fingerprint density at radius 2 is 1.89 bits per heavy atom. The summed E-state index contributed by atoms with van der Waals surface area (Å²) in [5, 5.41) is 16.5. The van der Waals surface area contributed by atoms with Gasteiger partial charge < -0.3 is 11.1 Å². The molecule has 1 amide bonds. The molecule has 1 atom stereocenters. The van der Waals surface area contributed by atoms with E-state index in [1.165, 1.54) is 12.4 Å². The van der Waals surface area contributed by atoms with Crippen molar-refractivity contribution in [2.45, 2.75) is 13.0 Å². The zero-order valence-corrected chi connectivity index (χ0v) is 19.7. The van der Waals surface area contributed by atoms with Gasteiger partial charge in [0.05, 0.1) is 35.1 Å². The third-order valence-corrected chi connectivity index (χ3v) is 5.70. The van der Waals surface area contributed by atoms with Gasteiger partial charge in [-0.15, -0.1) is 0 Å². The highest BCUT2D eigenvalue weighted by Gasteiger charge is 2.20. The molecule has 0 aliphatic carbocycles. The zero-order chi connectivity index (χ0) is 25.1. The summed E-state index contributed by atoms with van der Waals surface area (Å²) in [6.07, 6.45) is 8.10. The van der Waals surface area contributed by atoms with Crippen LogP contribution in [-0.4, -0.2) is 35.9 Å². The fourth-order valence-corrected chi connectivity index (χ4v) is 3.94. The van der Waals surface area contributed by atoms with E-state index in [1.807, 2.05) is 62.6 Å². The van der Waals surface area contributed by atoms with Crippen LogP contribution >= 0.6 is 0 Å². The molecule has 0 saturated heterocycles. The van der Waals surface area contributed by atoms with Gasteiger partial charge in [-0.3, -0.25) is 9.48 Å². The summed E-state index contributed by atoms with van der Waals surface area (Å²) in [5.74, 6) is 6.00. The topological polar surface area (TPSA) is 124 Å². The summed E-state index contributed by atoms with van der Waals surface area (Å²) in [6, 6.07) is 13.5. The maximum atomic E-state index is 12.9. The number of rotatable bonds is 4. The van der Waals surface area contributed by atoms with Gasteiger partial charge >= 0.3 is 0 Å². The second-order valence-corrected chi connectivity index (χ2v) is 8.22. The standard InChI is InChI=1S/C27H22N8O/c1-17(33-27(36)25-26(28)30-11-10-29-25)21-13-24-23(12-22(21)19-6-4-3-5-7-19)20(15-31-34-24)9-8-18-14-32-35(2)16-18/h3-7,10-17H,1-2H3,(H2,28,30)(H,33,36)/t17-/m1/s1. The largest absolute Gasteiger partial charge is 0.382 e. The Balaban J connectivity index is 1.59. The van der Waals surface area contributed by atoms with Crippen molar-refractivity contribution in [1.82, 2.24) is 35.3 Å². The van der Waals surface area contributed by atoms with Gasteiger partial charge in [0.2, 0.25) is 0 Å². The average molecular weight is 475 g/mol. The van der Waals surface area contributed by atoms with Gasteiger partial charge in [0.15, 0.2) is 11.5 Å². The number of nitrogen functional groups attached to an aromatic ring is 1. The Bertz CT molecular complexity index is 1630. The number of nitrogens with two attached hydrogens (primary N) is 1. The van der Waals surface area contributed by atoms with E-state index in [-0.39, 0.29) is 17.6 Å². The number of benzene rings is 2. The summed E-state index contributed by atoms with van der Waals surface area (Å²) < 4.78 is 1.71. The van der Waals surface area contributed by atoms with Crippen LogP contribution in [0.1, 0.15) is 40.1 Å². The summed E-state index contributed by atoms with van der Waals surface area (Å²) in [7, 11) is 1.85. The highest BCUT2D eigenvalue weighted by Crippen LogP contribution is 2.33. The molecular weight excluding hydrogens is 452 g/mol. The molecule has 36 heavy (non-hydrogen) atoms. The molecule has 5 aromatic rings. The van der Waals surface area contributed by atoms with Gasteiger partial charge in [0, 0.05) is 31.0 Å². The normalized spacial score (nSPS) is 11.5. The Kier molecular flexibility index (Phi) is 6.07. The molecule has 0 bridgehead atoms. The Hall–Kier alpha value is -5.10. The SMILES string of the molecule is C[C@@H](NC(=O)c1nccnc1N)c1cc2nncc(C#Cc3cnn(C)c3)c2cc1-c1ccccc1. The number of hydrogen-bond acceptors (Lipinski definition) is 7. The first kappa shape index (κ1) is 22.7. The molecule has 0 aliphatic heterocycles. The first-order chi connectivity index (χ1) is 17.5. The number of carbonyl (C=O) groups is 1. The van der Waals surface area contributed by atoms with Crippen molar-refractivity contribution >= 4 is 22.6 Å². The molecule has 0 unspecified atom stereocenters. The van der Waals surface area contributed by atoms with E-state index in [1.54, 1.807) is 17.1 Å². The number of nitrogens with zero attached hydrogens (tertiary/aromatic N) is 6. The number of aryl methyl sites for hydroxylation is 1. The molecule has 176 valence electrons. The average Bonchev–Trinajstić information content (AvgIpc) is 3.32. The fraction of sp³-hybridized carbons (Fsp3) is 0.111. The molecule has 0 spiro atoms. The number of hydrogen-bond donors (Lipinski definition) is 2. The number of aromatic nitrogens is 6. The molecule has 9 nitrogen and oxygen atoms in total. The van der Waals surface area contributed by atoms with Crippen molar-refractivity contribution in [3.63, 3.8) is 0 Å². The number of carbonyl (C=O) groups excluding carboxylic acids is 1. The summed E-state index contributed by atoms with van der Waals surface area (Å²) in [5.41, 5.74) is 11.0. The highest BCUT2D eigenvalue weighted by molar-refractivity contribution is 5.97. The minimum atomic E-state index is -0.408. The number of amides is 1. The van der Waals surface area contributed by atoms with Crippen LogP contribution in [-0.2, 0) is 7.05 Å². The second kappa shape index (κ2) is 9.64. The van der Waals surface area contributed by atoms with Gasteiger partial charge in [-0.1, -0.05) is 42.2 Å². The molecule has 3 N–H and O–H groups in total. The highest BCUT2D eigenvalue weighted by atomic mass is 16.2. The zero-order valence-electron chi connectivity index (χ0n) is 19.7. The smallest absolute Gasteiger partial charge is 0.274 e. The number of fused-ring (bicyclic) bond motifs is 1. The van der Waals surface area contributed by atoms with Crippen LogP contribution in [0.15, 0.2) is 73.4 Å². The third kappa shape index (κ3) is 4.60. The Morgan fingerprint density at radius 1 is 1.08 bits per heavy atom. The number of nitrogens with one attached hydrogen (secondary N) is 1. The number of anilines is 1. The molecule has 9 heteroatoms.